The molecular weight excluding hydrogens is 348 g/mol. The van der Waals surface area contributed by atoms with E-state index in [1.807, 2.05) is 18.2 Å². The van der Waals surface area contributed by atoms with Crippen LogP contribution in [0.2, 0.25) is 0 Å². The molecule has 2 aromatic heterocycles. The van der Waals surface area contributed by atoms with Gasteiger partial charge < -0.3 is 4.74 Å². The fourth-order valence-corrected chi connectivity index (χ4v) is 3.08. The van der Waals surface area contributed by atoms with Crippen molar-refractivity contribution in [3.8, 4) is 17.6 Å². The molecule has 0 N–H and O–H groups in total. The molecule has 0 aliphatic heterocycles. The topological polar surface area (TPSA) is 52.8 Å². The van der Waals surface area contributed by atoms with Crippen LogP contribution in [0.5, 0.6) is 11.6 Å². The van der Waals surface area contributed by atoms with Crippen molar-refractivity contribution in [2.75, 3.05) is 0 Å². The highest BCUT2D eigenvalue weighted by atomic mass is 16.5. The molecule has 0 spiro atoms. The quantitative estimate of drug-likeness (QED) is 0.491. The van der Waals surface area contributed by atoms with Crippen LogP contribution in [0.15, 0.2) is 79.3 Å². The summed E-state index contributed by atoms with van der Waals surface area (Å²) in [6.07, 6.45) is 5.14. The minimum Gasteiger partial charge on any atom is -0.439 e. The van der Waals surface area contributed by atoms with E-state index >= 15 is 0 Å². The summed E-state index contributed by atoms with van der Waals surface area (Å²) < 4.78 is 7.51. The smallest absolute Gasteiger partial charge is 0.253 e. The van der Waals surface area contributed by atoms with Crippen molar-refractivity contribution in [2.24, 2.45) is 0 Å². The normalized spacial score (nSPS) is 11.4. The van der Waals surface area contributed by atoms with Gasteiger partial charge in [0.05, 0.1) is 0 Å². The second-order valence-corrected chi connectivity index (χ2v) is 7.26. The third kappa shape index (κ3) is 3.64. The van der Waals surface area contributed by atoms with Crippen molar-refractivity contribution >= 4 is 0 Å². The van der Waals surface area contributed by atoms with Gasteiger partial charge in [-0.1, -0.05) is 55.8 Å². The Morgan fingerprint density at radius 3 is 2.18 bits per heavy atom. The number of hydrogen-bond donors (Lipinski definition) is 0. The lowest BCUT2D eigenvalue weighted by Crippen LogP contribution is -2.18. The maximum absolute atomic E-state index is 5.91. The largest absolute Gasteiger partial charge is 0.439 e. The molecule has 0 aliphatic carbocycles. The molecule has 5 nitrogen and oxygen atoms in total. The minimum absolute atomic E-state index is 0.0889. The summed E-state index contributed by atoms with van der Waals surface area (Å²) in [6, 6.07) is 20.4. The van der Waals surface area contributed by atoms with Crippen LogP contribution >= 0.6 is 0 Å². The molecule has 2 heterocycles. The van der Waals surface area contributed by atoms with Crippen molar-refractivity contribution in [3.05, 3.63) is 95.9 Å². The Balaban J connectivity index is 1.54. The van der Waals surface area contributed by atoms with Gasteiger partial charge in [0.15, 0.2) is 0 Å². The van der Waals surface area contributed by atoms with Gasteiger partial charge in [-0.2, -0.15) is 10.1 Å². The SMILES string of the molecule is Cc1ccc(C(C)(C)c2ccc(Oc3ccnc(-n4cccn4)n3)cc2)cc1. The van der Waals surface area contributed by atoms with Gasteiger partial charge in [0.25, 0.3) is 5.95 Å². The Labute approximate surface area is 164 Å². The fraction of sp³-hybridized carbons (Fsp3) is 0.174. The molecule has 0 atom stereocenters. The van der Waals surface area contributed by atoms with E-state index in [0.29, 0.717) is 11.8 Å². The predicted octanol–water partition coefficient (Wildman–Crippen LogP) is 5.09. The van der Waals surface area contributed by atoms with Crippen molar-refractivity contribution < 1.29 is 4.74 Å². The van der Waals surface area contributed by atoms with Crippen LogP contribution in [0.4, 0.5) is 0 Å². The molecule has 0 saturated carbocycles. The lowest BCUT2D eigenvalue weighted by molar-refractivity contribution is 0.459. The van der Waals surface area contributed by atoms with Crippen LogP contribution in [-0.4, -0.2) is 19.7 Å². The molecule has 0 radical (unpaired) electrons. The second kappa shape index (κ2) is 7.27. The average Bonchev–Trinajstić information content (AvgIpc) is 3.24. The van der Waals surface area contributed by atoms with Gasteiger partial charge in [-0.25, -0.2) is 9.67 Å². The highest BCUT2D eigenvalue weighted by Gasteiger charge is 2.22. The zero-order valence-corrected chi connectivity index (χ0v) is 16.2. The van der Waals surface area contributed by atoms with E-state index in [9.17, 15) is 0 Å². The Morgan fingerprint density at radius 2 is 1.54 bits per heavy atom. The average molecular weight is 370 g/mol. The zero-order valence-electron chi connectivity index (χ0n) is 16.2. The molecule has 0 fully saturated rings. The maximum atomic E-state index is 5.91. The van der Waals surface area contributed by atoms with Gasteiger partial charge in [0.2, 0.25) is 5.88 Å². The molecule has 4 rings (SSSR count). The highest BCUT2D eigenvalue weighted by Crippen LogP contribution is 2.33. The van der Waals surface area contributed by atoms with Gasteiger partial charge >= 0.3 is 0 Å². The third-order valence-electron chi connectivity index (χ3n) is 4.90. The first-order valence-electron chi connectivity index (χ1n) is 9.21. The van der Waals surface area contributed by atoms with E-state index in [1.54, 1.807) is 29.3 Å². The molecular formula is C23H22N4O. The van der Waals surface area contributed by atoms with Crippen LogP contribution in [0.25, 0.3) is 5.95 Å². The monoisotopic (exact) mass is 370 g/mol. The maximum Gasteiger partial charge on any atom is 0.253 e. The molecule has 5 heteroatoms. The molecule has 0 bridgehead atoms. The number of benzene rings is 2. The van der Waals surface area contributed by atoms with Crippen molar-refractivity contribution in [2.45, 2.75) is 26.2 Å². The summed E-state index contributed by atoms with van der Waals surface area (Å²) in [5.41, 5.74) is 3.69. The number of ether oxygens (including phenoxy) is 1. The number of hydrogen-bond acceptors (Lipinski definition) is 4. The standard InChI is InChI=1S/C23H22N4O/c1-17-5-7-18(8-6-17)23(2,3)19-9-11-20(12-10-19)28-21-13-15-24-22(26-21)27-16-4-14-25-27/h4-16H,1-3H3. The van der Waals surface area contributed by atoms with Crippen LogP contribution < -0.4 is 4.74 Å². The number of rotatable bonds is 5. The molecule has 0 aliphatic rings. The fourth-order valence-electron chi connectivity index (χ4n) is 3.08. The predicted molar refractivity (Wildman–Crippen MR) is 109 cm³/mol. The second-order valence-electron chi connectivity index (χ2n) is 7.26. The molecule has 2 aromatic carbocycles. The first-order chi connectivity index (χ1) is 13.5. The van der Waals surface area contributed by atoms with Crippen molar-refractivity contribution in [3.63, 3.8) is 0 Å². The summed E-state index contributed by atoms with van der Waals surface area (Å²) in [7, 11) is 0. The molecule has 0 amide bonds. The van der Waals surface area contributed by atoms with Gasteiger partial charge in [0.1, 0.15) is 5.75 Å². The molecule has 0 saturated heterocycles. The van der Waals surface area contributed by atoms with Gasteiger partial charge in [-0.15, -0.1) is 0 Å². The van der Waals surface area contributed by atoms with E-state index in [4.69, 9.17) is 4.74 Å². The van der Waals surface area contributed by atoms with Crippen molar-refractivity contribution in [1.29, 1.82) is 0 Å². The lowest BCUT2D eigenvalue weighted by Gasteiger charge is -2.26. The number of aryl methyl sites for hydroxylation is 1. The van der Waals surface area contributed by atoms with E-state index in [1.165, 1.54) is 16.7 Å². The Bertz CT molecular complexity index is 1050. The Kier molecular flexibility index (Phi) is 4.65. The Hall–Kier alpha value is -3.47. The summed E-state index contributed by atoms with van der Waals surface area (Å²) >= 11 is 0. The Morgan fingerprint density at radius 1 is 0.857 bits per heavy atom. The van der Waals surface area contributed by atoms with Gasteiger partial charge in [-0.05, 0) is 36.2 Å². The van der Waals surface area contributed by atoms with Crippen LogP contribution in [-0.2, 0) is 5.41 Å². The summed E-state index contributed by atoms with van der Waals surface area (Å²) in [5, 5.41) is 4.14. The molecule has 0 unspecified atom stereocenters. The van der Waals surface area contributed by atoms with Gasteiger partial charge in [-0.3, -0.25) is 0 Å². The summed E-state index contributed by atoms with van der Waals surface area (Å²) in [4.78, 5) is 8.62. The summed E-state index contributed by atoms with van der Waals surface area (Å²) in [6.45, 7) is 6.57. The highest BCUT2D eigenvalue weighted by molar-refractivity contribution is 5.41. The molecule has 140 valence electrons. The lowest BCUT2D eigenvalue weighted by atomic mass is 9.78. The van der Waals surface area contributed by atoms with E-state index in [2.05, 4.69) is 72.2 Å². The van der Waals surface area contributed by atoms with Crippen molar-refractivity contribution in [1.82, 2.24) is 19.7 Å². The van der Waals surface area contributed by atoms with Gasteiger partial charge in [0, 0.05) is 30.1 Å². The number of aromatic nitrogens is 4. The van der Waals surface area contributed by atoms with Crippen LogP contribution in [0, 0.1) is 6.92 Å². The van der Waals surface area contributed by atoms with Crippen LogP contribution in [0.3, 0.4) is 0 Å². The zero-order chi connectivity index (χ0) is 19.6. The van der Waals surface area contributed by atoms with E-state index in [-0.39, 0.29) is 5.41 Å². The van der Waals surface area contributed by atoms with Crippen LogP contribution in [0.1, 0.15) is 30.5 Å². The first kappa shape index (κ1) is 17.9. The minimum atomic E-state index is -0.0889. The number of nitrogens with zero attached hydrogens (tertiary/aromatic N) is 4. The van der Waals surface area contributed by atoms with E-state index < -0.39 is 0 Å². The molecule has 28 heavy (non-hydrogen) atoms. The summed E-state index contributed by atoms with van der Waals surface area (Å²) in [5.74, 6) is 1.68. The molecule has 4 aromatic rings. The van der Waals surface area contributed by atoms with E-state index in [0.717, 1.165) is 5.75 Å². The first-order valence-corrected chi connectivity index (χ1v) is 9.21. The third-order valence-corrected chi connectivity index (χ3v) is 4.90.